The highest BCUT2D eigenvalue weighted by atomic mass is 32.1. The first-order valence-corrected chi connectivity index (χ1v) is 7.38. The third kappa shape index (κ3) is 3.78. The molecule has 2 heterocycles. The van der Waals surface area contributed by atoms with Crippen LogP contribution in [-0.2, 0) is 12.0 Å². The van der Waals surface area contributed by atoms with Gasteiger partial charge in [-0.2, -0.15) is 0 Å². The summed E-state index contributed by atoms with van der Waals surface area (Å²) in [4.78, 5) is 12.9. The predicted molar refractivity (Wildman–Crippen MR) is 80.9 cm³/mol. The van der Waals surface area contributed by atoms with E-state index in [9.17, 15) is 4.79 Å². The predicted octanol–water partition coefficient (Wildman–Crippen LogP) is 2.48. The zero-order valence-electron chi connectivity index (χ0n) is 11.4. The van der Waals surface area contributed by atoms with Crippen LogP contribution in [0, 0.1) is 0 Å². The molecular weight excluding hydrogens is 256 g/mol. The van der Waals surface area contributed by atoms with Crippen molar-refractivity contribution < 1.29 is 0 Å². The van der Waals surface area contributed by atoms with Crippen molar-refractivity contribution in [3.8, 4) is 0 Å². The summed E-state index contributed by atoms with van der Waals surface area (Å²) in [5, 5.41) is 5.55. The smallest absolute Gasteiger partial charge is 0.250 e. The van der Waals surface area contributed by atoms with Crippen LogP contribution in [0.1, 0.15) is 18.7 Å². The van der Waals surface area contributed by atoms with Crippen molar-refractivity contribution in [3.63, 3.8) is 0 Å². The van der Waals surface area contributed by atoms with Crippen LogP contribution in [0.2, 0.25) is 0 Å². The molecule has 0 atom stereocenters. The Balaban J connectivity index is 1.81. The Morgan fingerprint density at radius 2 is 2.11 bits per heavy atom. The lowest BCUT2D eigenvalue weighted by atomic mass is 9.91. The maximum absolute atomic E-state index is 11.5. The van der Waals surface area contributed by atoms with Crippen LogP contribution in [-0.4, -0.2) is 17.7 Å². The van der Waals surface area contributed by atoms with Crippen LogP contribution < -0.4 is 10.9 Å². The van der Waals surface area contributed by atoms with Gasteiger partial charge in [-0.1, -0.05) is 26.0 Å². The number of thiophene rings is 1. The van der Waals surface area contributed by atoms with E-state index < -0.39 is 0 Å². The summed E-state index contributed by atoms with van der Waals surface area (Å²) in [7, 11) is 0. The highest BCUT2D eigenvalue weighted by molar-refractivity contribution is 7.10. The normalized spacial score (nSPS) is 11.7. The standard InChI is InChI=1S/C15H20N2OS/c1-15(2,13-6-5-11-19-13)12-16-8-10-17-9-4-3-7-14(17)18/h3-7,9,11,16H,8,10,12H2,1-2H3. The van der Waals surface area contributed by atoms with E-state index in [2.05, 4.69) is 36.7 Å². The van der Waals surface area contributed by atoms with E-state index in [0.717, 1.165) is 13.1 Å². The minimum absolute atomic E-state index is 0.0572. The van der Waals surface area contributed by atoms with Gasteiger partial charge < -0.3 is 9.88 Å². The Morgan fingerprint density at radius 3 is 2.79 bits per heavy atom. The average Bonchev–Trinajstić information content (AvgIpc) is 2.91. The lowest BCUT2D eigenvalue weighted by molar-refractivity contribution is 0.463. The fourth-order valence-corrected chi connectivity index (χ4v) is 2.85. The molecule has 0 fully saturated rings. The first-order chi connectivity index (χ1) is 9.09. The van der Waals surface area contributed by atoms with Gasteiger partial charge in [0.25, 0.3) is 5.56 Å². The van der Waals surface area contributed by atoms with Crippen LogP contribution in [0.5, 0.6) is 0 Å². The molecule has 1 N–H and O–H groups in total. The second-order valence-corrected chi connectivity index (χ2v) is 6.22. The van der Waals surface area contributed by atoms with Gasteiger partial charge in [-0.3, -0.25) is 4.79 Å². The fraction of sp³-hybridized carbons (Fsp3) is 0.400. The molecule has 2 rings (SSSR count). The molecule has 102 valence electrons. The van der Waals surface area contributed by atoms with Crippen molar-refractivity contribution in [2.24, 2.45) is 0 Å². The number of aromatic nitrogens is 1. The molecule has 0 radical (unpaired) electrons. The lowest BCUT2D eigenvalue weighted by Crippen LogP contribution is -2.35. The topological polar surface area (TPSA) is 34.0 Å². The molecule has 19 heavy (non-hydrogen) atoms. The molecule has 0 spiro atoms. The summed E-state index contributed by atoms with van der Waals surface area (Å²) in [6.45, 7) is 6.90. The van der Waals surface area contributed by atoms with Crippen molar-refractivity contribution >= 4 is 11.3 Å². The van der Waals surface area contributed by atoms with Crippen LogP contribution in [0.4, 0.5) is 0 Å². The Kier molecular flexibility index (Phi) is 4.56. The molecule has 0 aromatic carbocycles. The van der Waals surface area contributed by atoms with E-state index in [4.69, 9.17) is 0 Å². The summed E-state index contributed by atoms with van der Waals surface area (Å²) in [6.07, 6.45) is 1.83. The van der Waals surface area contributed by atoms with Crippen molar-refractivity contribution in [1.82, 2.24) is 9.88 Å². The number of nitrogens with zero attached hydrogens (tertiary/aromatic N) is 1. The summed E-state index contributed by atoms with van der Waals surface area (Å²) >= 11 is 1.79. The molecule has 0 saturated heterocycles. The van der Waals surface area contributed by atoms with Gasteiger partial charge in [0.2, 0.25) is 0 Å². The Morgan fingerprint density at radius 1 is 1.26 bits per heavy atom. The maximum atomic E-state index is 11.5. The van der Waals surface area contributed by atoms with Crippen LogP contribution in [0.15, 0.2) is 46.7 Å². The molecule has 0 unspecified atom stereocenters. The minimum atomic E-state index is 0.0572. The first kappa shape index (κ1) is 14.0. The van der Waals surface area contributed by atoms with E-state index in [1.165, 1.54) is 4.88 Å². The Hall–Kier alpha value is -1.39. The Labute approximate surface area is 117 Å². The Bertz CT molecular complexity index is 558. The number of hydrogen-bond donors (Lipinski definition) is 1. The van der Waals surface area contributed by atoms with Crippen LogP contribution in [0.3, 0.4) is 0 Å². The van der Waals surface area contributed by atoms with Crippen molar-refractivity contribution in [2.75, 3.05) is 13.1 Å². The van der Waals surface area contributed by atoms with Crippen LogP contribution in [0.25, 0.3) is 0 Å². The third-order valence-electron chi connectivity index (χ3n) is 3.18. The van der Waals surface area contributed by atoms with Crippen LogP contribution >= 0.6 is 11.3 Å². The van der Waals surface area contributed by atoms with E-state index in [0.29, 0.717) is 6.54 Å². The summed E-state index contributed by atoms with van der Waals surface area (Å²) in [5.41, 5.74) is 0.192. The lowest BCUT2D eigenvalue weighted by Gasteiger charge is -2.23. The van der Waals surface area contributed by atoms with Crippen molar-refractivity contribution in [1.29, 1.82) is 0 Å². The SMILES string of the molecule is CC(C)(CNCCn1ccccc1=O)c1cccs1. The van der Waals surface area contributed by atoms with Gasteiger partial charge in [0.15, 0.2) is 0 Å². The van der Waals surface area contributed by atoms with E-state index in [-0.39, 0.29) is 11.0 Å². The molecule has 0 bridgehead atoms. The highest BCUT2D eigenvalue weighted by Gasteiger charge is 2.20. The first-order valence-electron chi connectivity index (χ1n) is 6.50. The maximum Gasteiger partial charge on any atom is 0.250 e. The van der Waals surface area contributed by atoms with Gasteiger partial charge in [-0.05, 0) is 17.5 Å². The third-order valence-corrected chi connectivity index (χ3v) is 4.42. The van der Waals surface area contributed by atoms with Gasteiger partial charge in [-0.25, -0.2) is 0 Å². The summed E-state index contributed by atoms with van der Waals surface area (Å²) in [6, 6.07) is 9.51. The minimum Gasteiger partial charge on any atom is -0.314 e. The van der Waals surface area contributed by atoms with Gasteiger partial charge >= 0.3 is 0 Å². The fourth-order valence-electron chi connectivity index (χ4n) is 2.00. The number of nitrogens with one attached hydrogen (secondary N) is 1. The van der Waals surface area contributed by atoms with Crippen molar-refractivity contribution in [3.05, 3.63) is 57.1 Å². The number of pyridine rings is 1. The molecule has 0 amide bonds. The van der Waals surface area contributed by atoms with Gasteiger partial charge in [0.05, 0.1) is 0 Å². The molecule has 2 aromatic heterocycles. The molecule has 0 aliphatic carbocycles. The second-order valence-electron chi connectivity index (χ2n) is 5.27. The van der Waals surface area contributed by atoms with E-state index in [1.54, 1.807) is 28.0 Å². The monoisotopic (exact) mass is 276 g/mol. The largest absolute Gasteiger partial charge is 0.314 e. The molecule has 0 aliphatic rings. The van der Waals surface area contributed by atoms with Gasteiger partial charge in [0, 0.05) is 42.2 Å². The zero-order valence-corrected chi connectivity index (χ0v) is 12.2. The molecule has 0 saturated carbocycles. The summed E-state index contributed by atoms with van der Waals surface area (Å²) in [5.74, 6) is 0. The molecule has 2 aromatic rings. The molecular formula is C15H20N2OS. The number of rotatable bonds is 6. The van der Waals surface area contributed by atoms with Gasteiger partial charge in [0.1, 0.15) is 0 Å². The van der Waals surface area contributed by atoms with Crippen molar-refractivity contribution in [2.45, 2.75) is 25.8 Å². The average molecular weight is 276 g/mol. The molecule has 3 nitrogen and oxygen atoms in total. The van der Waals surface area contributed by atoms with E-state index >= 15 is 0 Å². The van der Waals surface area contributed by atoms with Gasteiger partial charge in [-0.15, -0.1) is 11.3 Å². The quantitative estimate of drug-likeness (QED) is 0.822. The molecule has 0 aliphatic heterocycles. The second kappa shape index (κ2) is 6.17. The summed E-state index contributed by atoms with van der Waals surface area (Å²) < 4.78 is 1.73. The molecule has 4 heteroatoms. The van der Waals surface area contributed by atoms with E-state index in [1.807, 2.05) is 12.3 Å². The highest BCUT2D eigenvalue weighted by Crippen LogP contribution is 2.26. The zero-order chi connectivity index (χ0) is 13.7. The number of hydrogen-bond acceptors (Lipinski definition) is 3.